The number of carbonyl (C=O) groups is 2. The van der Waals surface area contributed by atoms with Crippen molar-refractivity contribution in [2.24, 2.45) is 11.1 Å². The summed E-state index contributed by atoms with van der Waals surface area (Å²) in [6, 6.07) is 24.9. The van der Waals surface area contributed by atoms with Crippen molar-refractivity contribution in [1.82, 2.24) is 4.90 Å². The van der Waals surface area contributed by atoms with E-state index in [1.54, 1.807) is 0 Å². The molecule has 3 aromatic rings. The van der Waals surface area contributed by atoms with Crippen molar-refractivity contribution in [2.45, 2.75) is 86.2 Å². The molecular weight excluding hydrogens is 566 g/mol. The monoisotopic (exact) mass is 629 g/mol. The van der Waals surface area contributed by atoms with Crippen molar-refractivity contribution in [3.05, 3.63) is 120 Å². The number of fused-ring (bicyclic) bond motifs is 1. The Morgan fingerprint density at radius 1 is 0.891 bits per heavy atom. The molecule has 0 bridgehead atoms. The Morgan fingerprint density at radius 3 is 1.85 bits per heavy atom. The molecule has 0 saturated carbocycles. The minimum Gasteiger partial charge on any atom is -0.378 e. The second-order valence-electron chi connectivity index (χ2n) is 12.4. The topological polar surface area (TPSA) is 66.6 Å². The van der Waals surface area contributed by atoms with Gasteiger partial charge in [-0.2, -0.15) is 0 Å². The molecule has 0 saturated heterocycles. The minimum absolute atomic E-state index is 0.392. The van der Waals surface area contributed by atoms with E-state index in [9.17, 15) is 0 Å². The van der Waals surface area contributed by atoms with Gasteiger partial charge in [-0.1, -0.05) is 88.4 Å². The van der Waals surface area contributed by atoms with E-state index in [1.165, 1.54) is 59.0 Å². The molecule has 3 aromatic carbocycles. The largest absolute Gasteiger partial charge is 0.378 e. The van der Waals surface area contributed by atoms with E-state index in [1.807, 2.05) is 13.6 Å². The summed E-state index contributed by atoms with van der Waals surface area (Å²) >= 11 is 0. The number of nitrogens with zero attached hydrogens (tertiary/aromatic N) is 2. The van der Waals surface area contributed by atoms with E-state index in [4.69, 9.17) is 9.59 Å². The Kier molecular flexibility index (Phi) is 22.5. The third-order valence-electron chi connectivity index (χ3n) is 7.84. The molecule has 1 atom stereocenters. The molecule has 0 aliphatic heterocycles. The summed E-state index contributed by atoms with van der Waals surface area (Å²) in [5.41, 5.74) is 15.6. The van der Waals surface area contributed by atoms with Crippen LogP contribution in [0.4, 0.5) is 5.69 Å². The third kappa shape index (κ3) is 14.4. The molecule has 254 valence electrons. The number of rotatable bonds is 7. The predicted molar refractivity (Wildman–Crippen MR) is 204 cm³/mol. The van der Waals surface area contributed by atoms with Crippen LogP contribution in [0.2, 0.25) is 0 Å². The number of benzene rings is 3. The van der Waals surface area contributed by atoms with Crippen LogP contribution in [0.5, 0.6) is 0 Å². The molecule has 0 spiro atoms. The molecule has 1 unspecified atom stereocenters. The number of carbonyl (C=O) groups excluding carboxylic acids is 2. The smallest absolute Gasteiger partial charge is 0.106 e. The molecule has 2 N–H and O–H groups in total. The van der Waals surface area contributed by atoms with Gasteiger partial charge < -0.3 is 25.1 Å². The van der Waals surface area contributed by atoms with Crippen molar-refractivity contribution in [3.8, 4) is 0 Å². The van der Waals surface area contributed by atoms with E-state index in [0.29, 0.717) is 17.4 Å². The molecule has 0 amide bonds. The van der Waals surface area contributed by atoms with E-state index in [0.717, 1.165) is 18.7 Å². The standard InChI is InChI=1S/C27H38N2.C9H12.C2H4.CH5N.2CH2O/c1-19(2)29(18-22-9-13-25(14-10-22)28(7)8)21(4)23-11-12-24-17-27(5,6)16-20(3)26(24)15-23;1-3-9-6-4-8(2)5-7-9;4*1-2/h9-15,19-20H,4,16-18H2,1-3,5-8H3;4-7H,3H2,1-2H3;1-2H2;2H2,1H3;2*1H2. The molecule has 0 aromatic heterocycles. The molecule has 0 radical (unpaired) electrons. The summed E-state index contributed by atoms with van der Waals surface area (Å²) in [4.78, 5) is 20.6. The maximum Gasteiger partial charge on any atom is 0.106 e. The lowest BCUT2D eigenvalue weighted by Gasteiger charge is -2.37. The van der Waals surface area contributed by atoms with Crippen LogP contribution >= 0.6 is 0 Å². The maximum absolute atomic E-state index is 8.00. The van der Waals surface area contributed by atoms with E-state index >= 15 is 0 Å². The predicted octanol–water partition coefficient (Wildman–Crippen LogP) is 9.27. The fraction of sp³-hybridized carbons (Fsp3) is 0.415. The lowest BCUT2D eigenvalue weighted by atomic mass is 9.69. The van der Waals surface area contributed by atoms with Gasteiger partial charge in [-0.25, -0.2) is 0 Å². The summed E-state index contributed by atoms with van der Waals surface area (Å²) in [7, 11) is 5.66. The van der Waals surface area contributed by atoms with E-state index in [2.05, 4.69) is 165 Å². The molecule has 4 rings (SSSR count). The molecule has 0 heterocycles. The molecule has 5 heteroatoms. The highest BCUT2D eigenvalue weighted by molar-refractivity contribution is 5.64. The first-order valence-corrected chi connectivity index (χ1v) is 16.0. The summed E-state index contributed by atoms with van der Waals surface area (Å²) in [6.45, 7) is 31.3. The van der Waals surface area contributed by atoms with Gasteiger partial charge in [0.1, 0.15) is 13.6 Å². The Balaban J connectivity index is 0. The number of anilines is 1. The van der Waals surface area contributed by atoms with Crippen LogP contribution in [0.15, 0.2) is 86.5 Å². The molecule has 1 aliphatic rings. The van der Waals surface area contributed by atoms with Crippen LogP contribution in [0.1, 0.15) is 87.3 Å². The Morgan fingerprint density at radius 2 is 1.39 bits per heavy atom. The zero-order valence-corrected chi connectivity index (χ0v) is 30.7. The van der Waals surface area contributed by atoms with Crippen LogP contribution in [0.3, 0.4) is 0 Å². The molecule has 5 nitrogen and oxygen atoms in total. The average Bonchev–Trinajstić information content (AvgIpc) is 3.07. The van der Waals surface area contributed by atoms with Crippen molar-refractivity contribution < 1.29 is 9.59 Å². The number of aryl methyl sites for hydroxylation is 2. The van der Waals surface area contributed by atoms with Crippen molar-refractivity contribution in [2.75, 3.05) is 26.0 Å². The quantitative estimate of drug-likeness (QED) is 0.264. The minimum atomic E-state index is 0.392. The lowest BCUT2D eigenvalue weighted by Crippen LogP contribution is -2.29. The van der Waals surface area contributed by atoms with Gasteiger partial charge in [0.2, 0.25) is 0 Å². The summed E-state index contributed by atoms with van der Waals surface area (Å²) in [6.07, 6.45) is 3.56. The third-order valence-corrected chi connectivity index (χ3v) is 7.84. The zero-order valence-electron chi connectivity index (χ0n) is 30.7. The first-order chi connectivity index (χ1) is 21.9. The van der Waals surface area contributed by atoms with E-state index in [-0.39, 0.29) is 0 Å². The van der Waals surface area contributed by atoms with Crippen LogP contribution in [-0.4, -0.2) is 45.7 Å². The number of nitrogens with two attached hydrogens (primary N) is 1. The SMILES string of the molecule is C=C.C=C(c1ccc2c(c1)C(C)CC(C)(C)C2)N(Cc1ccc(N(C)C)cc1)C(C)C.C=O.C=O.CCc1ccc(C)cc1.CN. The second-order valence-corrected chi connectivity index (χ2v) is 12.4. The summed E-state index contributed by atoms with van der Waals surface area (Å²) in [5, 5.41) is 0. The van der Waals surface area contributed by atoms with Crippen LogP contribution < -0.4 is 10.6 Å². The summed E-state index contributed by atoms with van der Waals surface area (Å²) < 4.78 is 0. The second kappa shape index (κ2) is 23.4. The Bertz CT molecular complexity index is 1240. The highest BCUT2D eigenvalue weighted by Crippen LogP contribution is 2.42. The van der Waals surface area contributed by atoms with Crippen LogP contribution in [0, 0.1) is 12.3 Å². The number of hydrogen-bond acceptors (Lipinski definition) is 5. The van der Waals surface area contributed by atoms with Gasteiger partial charge in [-0.15, -0.1) is 13.2 Å². The Labute approximate surface area is 282 Å². The zero-order chi connectivity index (χ0) is 36.0. The Hall–Kier alpha value is -3.96. The lowest BCUT2D eigenvalue weighted by molar-refractivity contribution is -0.0987. The number of hydrogen-bond donors (Lipinski definition) is 1. The fourth-order valence-corrected chi connectivity index (χ4v) is 5.60. The van der Waals surface area contributed by atoms with Crippen molar-refractivity contribution in [1.29, 1.82) is 0 Å². The van der Waals surface area contributed by atoms with Crippen LogP contribution in [-0.2, 0) is 29.0 Å². The van der Waals surface area contributed by atoms with Gasteiger partial charge in [-0.05, 0) is 104 Å². The highest BCUT2D eigenvalue weighted by Gasteiger charge is 2.30. The molecule has 0 fully saturated rings. The highest BCUT2D eigenvalue weighted by atomic mass is 16.1. The molecule has 46 heavy (non-hydrogen) atoms. The first-order valence-electron chi connectivity index (χ1n) is 16.0. The molecular formula is C41H63N3O2. The maximum atomic E-state index is 8.00. The van der Waals surface area contributed by atoms with Gasteiger partial charge in [0, 0.05) is 38.1 Å². The van der Waals surface area contributed by atoms with Gasteiger partial charge >= 0.3 is 0 Å². The van der Waals surface area contributed by atoms with Crippen molar-refractivity contribution in [3.63, 3.8) is 0 Å². The van der Waals surface area contributed by atoms with Gasteiger partial charge in [0.05, 0.1) is 0 Å². The van der Waals surface area contributed by atoms with Gasteiger partial charge in [0.25, 0.3) is 0 Å². The van der Waals surface area contributed by atoms with Crippen molar-refractivity contribution >= 4 is 25.0 Å². The van der Waals surface area contributed by atoms with Crippen LogP contribution in [0.25, 0.3) is 5.70 Å². The van der Waals surface area contributed by atoms with E-state index < -0.39 is 0 Å². The van der Waals surface area contributed by atoms with Gasteiger partial charge in [0.15, 0.2) is 0 Å². The average molecular weight is 630 g/mol. The molecule has 1 aliphatic carbocycles. The fourth-order valence-electron chi connectivity index (χ4n) is 5.60. The summed E-state index contributed by atoms with van der Waals surface area (Å²) in [5.74, 6) is 0.604. The van der Waals surface area contributed by atoms with Gasteiger partial charge in [-0.3, -0.25) is 0 Å². The normalized spacial score (nSPS) is 13.4. The first kappa shape index (κ1) is 44.2.